The molecule has 1 aliphatic rings. The van der Waals surface area contributed by atoms with Gasteiger partial charge in [0.15, 0.2) is 0 Å². The van der Waals surface area contributed by atoms with E-state index in [0.717, 1.165) is 55.8 Å². The van der Waals surface area contributed by atoms with Gasteiger partial charge in [0.1, 0.15) is 0 Å². The van der Waals surface area contributed by atoms with Crippen LogP contribution in [0.4, 0.5) is 11.4 Å². The molecule has 0 spiro atoms. The van der Waals surface area contributed by atoms with E-state index in [-0.39, 0.29) is 0 Å². The third kappa shape index (κ3) is 5.34. The molecule has 0 fully saturated rings. The lowest BCUT2D eigenvalue weighted by Crippen LogP contribution is -2.11. The van der Waals surface area contributed by atoms with E-state index in [1.54, 1.807) is 0 Å². The lowest BCUT2D eigenvalue weighted by atomic mass is 9.89. The molecule has 0 N–H and O–H groups in total. The minimum atomic E-state index is 0.890. The summed E-state index contributed by atoms with van der Waals surface area (Å²) in [5, 5.41) is 9.65. The highest BCUT2D eigenvalue weighted by Gasteiger charge is 2.23. The van der Waals surface area contributed by atoms with Crippen LogP contribution in [0.5, 0.6) is 0 Å². The molecule has 0 radical (unpaired) electrons. The van der Waals surface area contributed by atoms with Crippen molar-refractivity contribution < 1.29 is 0 Å². The zero-order chi connectivity index (χ0) is 37.0. The van der Waals surface area contributed by atoms with Crippen LogP contribution in [0.1, 0.15) is 22.3 Å². The van der Waals surface area contributed by atoms with Gasteiger partial charge in [-0.05, 0) is 89.6 Å². The Bertz CT molecular complexity index is 3040. The van der Waals surface area contributed by atoms with E-state index in [1.807, 2.05) is 0 Å². The molecule has 11 rings (SSSR count). The van der Waals surface area contributed by atoms with Crippen molar-refractivity contribution in [2.24, 2.45) is 9.98 Å². The Morgan fingerprint density at radius 3 is 1.02 bits per heavy atom. The molecular weight excluding hydrogens is 677 g/mol. The summed E-state index contributed by atoms with van der Waals surface area (Å²) in [6.45, 7) is 0. The lowest BCUT2D eigenvalue weighted by Gasteiger charge is -2.20. The van der Waals surface area contributed by atoms with Crippen molar-refractivity contribution in [3.8, 4) is 22.3 Å². The highest BCUT2D eigenvalue weighted by Crippen LogP contribution is 2.39. The SMILES string of the molecule is c1ccc2c(c1)N=C(c1cccc3c(-c4ccc5ccccc5c4)cccc13)c1ccccc1N=C2c1cccc2c(-c3ccc4ccccc4c3)cccc12. The van der Waals surface area contributed by atoms with Crippen molar-refractivity contribution >= 4 is 65.9 Å². The maximum absolute atomic E-state index is 5.59. The number of fused-ring (bicyclic) bond motifs is 6. The van der Waals surface area contributed by atoms with Gasteiger partial charge in [-0.15, -0.1) is 0 Å². The van der Waals surface area contributed by atoms with Crippen LogP contribution < -0.4 is 0 Å². The van der Waals surface area contributed by atoms with E-state index in [1.165, 1.54) is 54.6 Å². The van der Waals surface area contributed by atoms with Crippen LogP contribution in [0.3, 0.4) is 0 Å². The predicted octanol–water partition coefficient (Wildman–Crippen LogP) is 14.3. The summed E-state index contributed by atoms with van der Waals surface area (Å²) in [6.07, 6.45) is 0. The minimum Gasteiger partial charge on any atom is -0.247 e. The summed E-state index contributed by atoms with van der Waals surface area (Å²) in [5.74, 6) is 0. The first kappa shape index (κ1) is 32.0. The first-order chi connectivity index (χ1) is 27.8. The van der Waals surface area contributed by atoms with Gasteiger partial charge in [-0.1, -0.05) is 182 Å². The Balaban J connectivity index is 1.09. The Labute approximate surface area is 325 Å². The van der Waals surface area contributed by atoms with E-state index in [4.69, 9.17) is 9.98 Å². The van der Waals surface area contributed by atoms with E-state index >= 15 is 0 Å². The molecule has 0 unspecified atom stereocenters. The van der Waals surface area contributed by atoms with Crippen LogP contribution in [-0.2, 0) is 0 Å². The molecule has 1 aliphatic heterocycles. The second-order valence-corrected chi connectivity index (χ2v) is 14.5. The van der Waals surface area contributed by atoms with Gasteiger partial charge in [0.05, 0.1) is 22.8 Å². The zero-order valence-electron chi connectivity index (χ0n) is 30.5. The van der Waals surface area contributed by atoms with E-state index in [9.17, 15) is 0 Å². The molecule has 10 aromatic rings. The maximum atomic E-state index is 5.59. The standard InChI is InChI=1S/C54H34N2/c1-3-15-37-33-39(31-29-35(37)13-1)41-19-9-23-45-43(41)21-11-25-47(45)53-49-17-5-7-27-51(49)56-54(50-18-6-8-28-52(50)55-53)48-26-12-22-44-42(20-10-24-46(44)48)40-32-30-36-14-2-4-16-38(36)34-40/h1-34H. The predicted molar refractivity (Wildman–Crippen MR) is 237 cm³/mol. The molecule has 2 nitrogen and oxygen atoms in total. The van der Waals surface area contributed by atoms with Gasteiger partial charge >= 0.3 is 0 Å². The molecule has 0 aliphatic carbocycles. The average molecular weight is 711 g/mol. The zero-order valence-corrected chi connectivity index (χ0v) is 30.5. The van der Waals surface area contributed by atoms with Crippen molar-refractivity contribution in [1.82, 2.24) is 0 Å². The van der Waals surface area contributed by atoms with Gasteiger partial charge in [0, 0.05) is 22.3 Å². The number of hydrogen-bond acceptors (Lipinski definition) is 2. The average Bonchev–Trinajstić information content (AvgIpc) is 3.26. The molecule has 0 aromatic heterocycles. The number of rotatable bonds is 4. The summed E-state index contributed by atoms with van der Waals surface area (Å²) in [7, 11) is 0. The van der Waals surface area contributed by atoms with E-state index in [0.29, 0.717) is 0 Å². The molecule has 0 atom stereocenters. The second-order valence-electron chi connectivity index (χ2n) is 14.5. The third-order valence-electron chi connectivity index (χ3n) is 11.3. The Hall–Kier alpha value is -7.42. The maximum Gasteiger partial charge on any atom is 0.0809 e. The first-order valence-electron chi connectivity index (χ1n) is 19.2. The Morgan fingerprint density at radius 1 is 0.232 bits per heavy atom. The normalized spacial score (nSPS) is 12.5. The van der Waals surface area contributed by atoms with Crippen molar-refractivity contribution in [3.63, 3.8) is 0 Å². The highest BCUT2D eigenvalue weighted by atomic mass is 14.8. The number of para-hydroxylation sites is 2. The number of benzene rings is 10. The summed E-state index contributed by atoms with van der Waals surface area (Å²) in [6, 6.07) is 73.9. The molecular formula is C54H34N2. The molecule has 10 aromatic carbocycles. The van der Waals surface area contributed by atoms with Gasteiger partial charge in [-0.2, -0.15) is 0 Å². The molecule has 56 heavy (non-hydrogen) atoms. The van der Waals surface area contributed by atoms with Gasteiger partial charge in [-0.25, -0.2) is 9.98 Å². The summed E-state index contributed by atoms with van der Waals surface area (Å²) >= 11 is 0. The largest absolute Gasteiger partial charge is 0.247 e. The van der Waals surface area contributed by atoms with Crippen LogP contribution in [0.2, 0.25) is 0 Å². The van der Waals surface area contributed by atoms with Crippen LogP contribution in [0.25, 0.3) is 65.3 Å². The third-order valence-corrected chi connectivity index (χ3v) is 11.3. The monoisotopic (exact) mass is 710 g/mol. The van der Waals surface area contributed by atoms with Gasteiger partial charge in [0.25, 0.3) is 0 Å². The fourth-order valence-corrected chi connectivity index (χ4v) is 8.56. The molecule has 260 valence electrons. The molecule has 1 heterocycles. The van der Waals surface area contributed by atoms with Gasteiger partial charge < -0.3 is 0 Å². The molecule has 2 heteroatoms. The van der Waals surface area contributed by atoms with Crippen LogP contribution >= 0.6 is 0 Å². The van der Waals surface area contributed by atoms with Gasteiger partial charge in [-0.3, -0.25) is 0 Å². The summed E-state index contributed by atoms with van der Waals surface area (Å²) in [4.78, 5) is 11.2. The van der Waals surface area contributed by atoms with E-state index < -0.39 is 0 Å². The number of aliphatic imine (C=N–C) groups is 2. The van der Waals surface area contributed by atoms with Crippen LogP contribution in [0, 0.1) is 0 Å². The summed E-state index contributed by atoms with van der Waals surface area (Å²) < 4.78 is 0. The lowest BCUT2D eigenvalue weighted by molar-refractivity contribution is 1.40. The fourth-order valence-electron chi connectivity index (χ4n) is 8.56. The Kier molecular flexibility index (Phi) is 7.53. The van der Waals surface area contributed by atoms with Crippen molar-refractivity contribution in [3.05, 3.63) is 229 Å². The van der Waals surface area contributed by atoms with Crippen molar-refractivity contribution in [2.75, 3.05) is 0 Å². The van der Waals surface area contributed by atoms with Crippen LogP contribution in [-0.4, -0.2) is 11.4 Å². The Morgan fingerprint density at radius 2 is 0.571 bits per heavy atom. The molecule has 0 saturated heterocycles. The highest BCUT2D eigenvalue weighted by molar-refractivity contribution is 6.28. The first-order valence-corrected chi connectivity index (χ1v) is 19.2. The quantitative estimate of drug-likeness (QED) is 0.174. The number of nitrogens with zero attached hydrogens (tertiary/aromatic N) is 2. The van der Waals surface area contributed by atoms with Crippen molar-refractivity contribution in [2.45, 2.75) is 0 Å². The topological polar surface area (TPSA) is 24.7 Å². The second kappa shape index (κ2) is 13.2. The molecule has 0 amide bonds. The fraction of sp³-hybridized carbons (Fsp3) is 0. The minimum absolute atomic E-state index is 0.890. The number of hydrogen-bond donors (Lipinski definition) is 0. The molecule has 0 bridgehead atoms. The summed E-state index contributed by atoms with van der Waals surface area (Å²) in [5.41, 5.74) is 12.6. The smallest absolute Gasteiger partial charge is 0.0809 e. The van der Waals surface area contributed by atoms with E-state index in [2.05, 4.69) is 206 Å². The van der Waals surface area contributed by atoms with Gasteiger partial charge in [0.2, 0.25) is 0 Å². The van der Waals surface area contributed by atoms with Crippen molar-refractivity contribution in [1.29, 1.82) is 0 Å². The molecule has 0 saturated carbocycles. The van der Waals surface area contributed by atoms with Crippen LogP contribution in [0.15, 0.2) is 216 Å².